The van der Waals surface area contributed by atoms with E-state index in [9.17, 15) is 23.1 Å². The van der Waals surface area contributed by atoms with Gasteiger partial charge in [0.1, 0.15) is 28.9 Å². The van der Waals surface area contributed by atoms with Crippen molar-refractivity contribution in [2.45, 2.75) is 70.7 Å². The first kappa shape index (κ1) is 23.8. The highest BCUT2D eigenvalue weighted by Crippen LogP contribution is 2.36. The van der Waals surface area contributed by atoms with Gasteiger partial charge in [0.25, 0.3) is 0 Å². The topological polar surface area (TPSA) is 80.9 Å². The van der Waals surface area contributed by atoms with Gasteiger partial charge in [0.05, 0.1) is 5.69 Å². The van der Waals surface area contributed by atoms with Gasteiger partial charge >= 0.3 is 6.18 Å². The lowest BCUT2D eigenvalue weighted by Gasteiger charge is -2.28. The van der Waals surface area contributed by atoms with Crippen molar-refractivity contribution in [3.8, 4) is 0 Å². The number of aliphatic hydroxyl groups is 1. The Hall–Kier alpha value is -2.81. The molecule has 0 aromatic carbocycles. The molecular weight excluding hydrogens is 421 g/mol. The summed E-state index contributed by atoms with van der Waals surface area (Å²) in [5.74, 6) is 0.826. The number of imidazole rings is 1. The third-order valence-corrected chi connectivity index (χ3v) is 5.42. The molecule has 4 rings (SSSR count). The Bertz CT molecular complexity index is 1050. The Morgan fingerprint density at radius 1 is 1.22 bits per heavy atom. The number of carbonyl (C=O) groups is 1. The summed E-state index contributed by atoms with van der Waals surface area (Å²) >= 11 is 0. The number of aromatic nitrogens is 4. The summed E-state index contributed by atoms with van der Waals surface area (Å²) in [5.41, 5.74) is 0.604. The Kier molecular flexibility index (Phi) is 7.60. The monoisotopic (exact) mass is 448 g/mol. The fourth-order valence-electron chi connectivity index (χ4n) is 3.60. The molecule has 1 aliphatic carbocycles. The van der Waals surface area contributed by atoms with E-state index in [1.54, 1.807) is 24.4 Å². The van der Waals surface area contributed by atoms with Crippen molar-refractivity contribution in [2.24, 2.45) is 0 Å². The van der Waals surface area contributed by atoms with Crippen LogP contribution in [-0.4, -0.2) is 30.4 Å². The molecular formula is C23H27F3N4O2. The Morgan fingerprint density at radius 2 is 1.97 bits per heavy atom. The van der Waals surface area contributed by atoms with Crippen LogP contribution in [0.1, 0.15) is 74.8 Å². The molecule has 1 unspecified atom stereocenters. The van der Waals surface area contributed by atoms with Crippen molar-refractivity contribution in [3.05, 3.63) is 53.7 Å². The summed E-state index contributed by atoms with van der Waals surface area (Å²) in [6, 6.07) is 7.95. The summed E-state index contributed by atoms with van der Waals surface area (Å²) in [4.78, 5) is 23.2. The van der Waals surface area contributed by atoms with Crippen LogP contribution in [0.4, 0.5) is 13.2 Å². The van der Waals surface area contributed by atoms with Crippen LogP contribution in [0.15, 0.2) is 36.5 Å². The minimum absolute atomic E-state index is 0.0886. The fraction of sp³-hybridized carbons (Fsp3) is 0.478. The van der Waals surface area contributed by atoms with Gasteiger partial charge in [0.15, 0.2) is 5.65 Å². The zero-order valence-electron chi connectivity index (χ0n) is 18.1. The molecule has 1 N–H and O–H groups in total. The van der Waals surface area contributed by atoms with Crippen molar-refractivity contribution in [3.63, 3.8) is 0 Å². The van der Waals surface area contributed by atoms with Crippen LogP contribution in [0.2, 0.25) is 0 Å². The van der Waals surface area contributed by atoms with E-state index in [-0.39, 0.29) is 18.2 Å². The quantitative estimate of drug-likeness (QED) is 0.549. The molecule has 1 atom stereocenters. The molecule has 3 aromatic rings. The van der Waals surface area contributed by atoms with E-state index in [0.29, 0.717) is 23.3 Å². The average molecular weight is 448 g/mol. The van der Waals surface area contributed by atoms with E-state index < -0.39 is 18.0 Å². The van der Waals surface area contributed by atoms with Crippen molar-refractivity contribution in [1.29, 1.82) is 0 Å². The summed E-state index contributed by atoms with van der Waals surface area (Å²) in [6.45, 7) is 3.76. The van der Waals surface area contributed by atoms with Gasteiger partial charge < -0.3 is 9.67 Å². The molecule has 0 spiro atoms. The largest absolute Gasteiger partial charge is 0.433 e. The Morgan fingerprint density at radius 3 is 2.53 bits per heavy atom. The zero-order valence-corrected chi connectivity index (χ0v) is 18.1. The highest BCUT2D eigenvalue weighted by molar-refractivity contribution is 5.78. The van der Waals surface area contributed by atoms with Crippen LogP contribution in [0.5, 0.6) is 0 Å². The van der Waals surface area contributed by atoms with Crippen molar-refractivity contribution in [2.75, 3.05) is 0 Å². The van der Waals surface area contributed by atoms with Crippen LogP contribution >= 0.6 is 0 Å². The van der Waals surface area contributed by atoms with Gasteiger partial charge in [0.2, 0.25) is 0 Å². The number of carbonyl (C=O) groups excluding carboxylic acids is 1. The van der Waals surface area contributed by atoms with Gasteiger partial charge in [0, 0.05) is 25.1 Å². The van der Waals surface area contributed by atoms with E-state index in [1.807, 2.05) is 18.4 Å². The molecule has 0 radical (unpaired) electrons. The first-order valence-corrected chi connectivity index (χ1v) is 10.7. The van der Waals surface area contributed by atoms with E-state index in [1.165, 1.54) is 6.07 Å². The number of aryl methyl sites for hydroxylation is 1. The minimum Gasteiger partial charge on any atom is -0.386 e. The molecule has 0 saturated heterocycles. The lowest BCUT2D eigenvalue weighted by Crippen LogP contribution is -2.19. The highest BCUT2D eigenvalue weighted by atomic mass is 19.4. The predicted octanol–water partition coefficient (Wildman–Crippen LogP) is 5.36. The van der Waals surface area contributed by atoms with Gasteiger partial charge in [-0.15, -0.1) is 0 Å². The summed E-state index contributed by atoms with van der Waals surface area (Å²) < 4.78 is 39.8. The number of pyridine rings is 2. The van der Waals surface area contributed by atoms with E-state index in [2.05, 4.69) is 15.0 Å². The number of nitrogens with zero attached hydrogens (tertiary/aromatic N) is 4. The second kappa shape index (κ2) is 10.2. The van der Waals surface area contributed by atoms with Crippen molar-refractivity contribution >= 4 is 16.9 Å². The number of aliphatic hydroxyl groups excluding tert-OH is 1. The second-order valence-electron chi connectivity index (χ2n) is 7.91. The molecule has 6 nitrogen and oxygen atoms in total. The summed E-state index contributed by atoms with van der Waals surface area (Å²) in [7, 11) is 0. The number of Topliss-reactive ketones (excluding diaryl/α,β-unsaturated/α-hetero) is 1. The van der Waals surface area contributed by atoms with Gasteiger partial charge in [-0.25, -0.2) is 9.97 Å². The van der Waals surface area contributed by atoms with Crippen LogP contribution in [0.3, 0.4) is 0 Å². The van der Waals surface area contributed by atoms with Gasteiger partial charge in [-0.05, 0) is 56.9 Å². The van der Waals surface area contributed by atoms with Crippen molar-refractivity contribution in [1.82, 2.24) is 19.5 Å². The number of ketones is 1. The summed E-state index contributed by atoms with van der Waals surface area (Å²) in [6.07, 6.45) is 1.08. The number of halogens is 3. The molecule has 1 fully saturated rings. The lowest BCUT2D eigenvalue weighted by molar-refractivity contribution is -0.141. The lowest BCUT2D eigenvalue weighted by atomic mass is 9.93. The van der Waals surface area contributed by atoms with E-state index in [0.717, 1.165) is 37.6 Å². The molecule has 0 amide bonds. The molecule has 32 heavy (non-hydrogen) atoms. The van der Waals surface area contributed by atoms with Gasteiger partial charge in [-0.1, -0.05) is 13.0 Å². The maximum Gasteiger partial charge on any atom is 0.433 e. The normalized spacial score (nSPS) is 15.1. The van der Waals surface area contributed by atoms with E-state index >= 15 is 0 Å². The maximum atomic E-state index is 12.7. The molecule has 0 aliphatic heterocycles. The molecule has 1 saturated carbocycles. The van der Waals surface area contributed by atoms with Gasteiger partial charge in [-0.2, -0.15) is 13.2 Å². The molecule has 1 aliphatic rings. The third-order valence-electron chi connectivity index (χ3n) is 5.42. The SMILES string of the molecule is CCCC(=O)CC(O)c1ccccn1.Cc1nc2ccc(C(F)(F)F)nc2n1C1CCC1. The summed E-state index contributed by atoms with van der Waals surface area (Å²) in [5, 5.41) is 9.63. The number of hydrogen-bond donors (Lipinski definition) is 1. The number of rotatable bonds is 6. The number of fused-ring (bicyclic) bond motifs is 1. The standard InChI is InChI=1S/C12H12F3N3.C11H15NO2/c1-7-16-9-5-6-10(12(13,14)15)17-11(9)18(7)8-3-2-4-8;1-2-5-9(13)8-11(14)10-6-3-4-7-12-10/h5-6,8H,2-4H2,1H3;3-4,6-7,11,14H,2,5,8H2,1H3. The Labute approximate surface area is 184 Å². The number of alkyl halides is 3. The highest BCUT2D eigenvalue weighted by Gasteiger charge is 2.33. The first-order valence-electron chi connectivity index (χ1n) is 10.7. The second-order valence-corrected chi connectivity index (χ2v) is 7.91. The van der Waals surface area contributed by atoms with Crippen LogP contribution in [0, 0.1) is 6.92 Å². The molecule has 3 heterocycles. The molecule has 172 valence electrons. The predicted molar refractivity (Wildman–Crippen MR) is 114 cm³/mol. The first-order chi connectivity index (χ1) is 15.2. The smallest absolute Gasteiger partial charge is 0.386 e. The Balaban J connectivity index is 0.000000188. The molecule has 0 bridgehead atoms. The van der Waals surface area contributed by atoms with Crippen LogP contribution in [0.25, 0.3) is 11.2 Å². The molecule has 9 heteroatoms. The average Bonchev–Trinajstić information content (AvgIpc) is 3.02. The van der Waals surface area contributed by atoms with Crippen molar-refractivity contribution < 1.29 is 23.1 Å². The van der Waals surface area contributed by atoms with Crippen LogP contribution < -0.4 is 0 Å². The van der Waals surface area contributed by atoms with Gasteiger partial charge in [-0.3, -0.25) is 9.78 Å². The van der Waals surface area contributed by atoms with Crippen LogP contribution in [-0.2, 0) is 11.0 Å². The minimum atomic E-state index is -4.41. The fourth-order valence-corrected chi connectivity index (χ4v) is 3.60. The van der Waals surface area contributed by atoms with E-state index in [4.69, 9.17) is 0 Å². The molecule has 3 aromatic heterocycles. The number of hydrogen-bond acceptors (Lipinski definition) is 5. The third kappa shape index (κ3) is 5.70. The maximum absolute atomic E-state index is 12.7. The zero-order chi connectivity index (χ0) is 23.3.